The molecular weight excluding hydrogens is 210 g/mol. The fraction of sp³-hybridized carbons (Fsp3) is 0.357. The highest BCUT2D eigenvalue weighted by atomic mass is 15.1. The molecule has 17 heavy (non-hydrogen) atoms. The summed E-state index contributed by atoms with van der Waals surface area (Å²) in [6, 6.07) is 9.88. The molecule has 0 heterocycles. The Balaban J connectivity index is 1.83. The van der Waals surface area contributed by atoms with Gasteiger partial charge in [0, 0.05) is 12.2 Å². The van der Waals surface area contributed by atoms with Crippen LogP contribution >= 0.6 is 0 Å². The van der Waals surface area contributed by atoms with Crippen LogP contribution in [0.5, 0.6) is 0 Å². The number of rotatable bonds is 3. The van der Waals surface area contributed by atoms with Gasteiger partial charge in [0.05, 0.1) is 0 Å². The van der Waals surface area contributed by atoms with Crippen LogP contribution in [-0.4, -0.2) is 12.5 Å². The molecule has 1 atom stereocenters. The Morgan fingerprint density at radius 1 is 1.29 bits per heavy atom. The van der Waals surface area contributed by atoms with Gasteiger partial charge in [-0.25, -0.2) is 0 Å². The molecule has 1 aromatic rings. The third-order valence-corrected chi connectivity index (χ3v) is 2.94. The molecule has 0 amide bonds. The Labute approximate surface area is 102 Å². The van der Waals surface area contributed by atoms with Gasteiger partial charge in [-0.15, -0.1) is 0 Å². The second-order valence-electron chi connectivity index (χ2n) is 4.37. The minimum Gasteiger partial charge on any atom is -0.370 e. The van der Waals surface area contributed by atoms with Gasteiger partial charge in [-0.3, -0.25) is 4.99 Å². The summed E-state index contributed by atoms with van der Waals surface area (Å²) in [4.78, 5) is 4.39. The Morgan fingerprint density at radius 2 is 2.12 bits per heavy atom. The number of guanidine groups is 1. The summed E-state index contributed by atoms with van der Waals surface area (Å²) < 4.78 is 0. The van der Waals surface area contributed by atoms with Crippen LogP contribution < -0.4 is 11.1 Å². The highest BCUT2D eigenvalue weighted by molar-refractivity contribution is 5.92. The molecule has 0 spiro atoms. The molecule has 1 aliphatic carbocycles. The molecule has 0 saturated heterocycles. The first-order chi connectivity index (χ1) is 8.34. The lowest BCUT2D eigenvalue weighted by molar-refractivity contribution is 0.492. The van der Waals surface area contributed by atoms with Gasteiger partial charge in [0.25, 0.3) is 0 Å². The number of nitrogens with zero attached hydrogens (tertiary/aromatic N) is 1. The molecule has 3 heteroatoms. The van der Waals surface area contributed by atoms with Crippen LogP contribution in [0.25, 0.3) is 0 Å². The Hall–Kier alpha value is -1.77. The van der Waals surface area contributed by atoms with Gasteiger partial charge in [-0.1, -0.05) is 30.4 Å². The van der Waals surface area contributed by atoms with Crippen LogP contribution in [0.4, 0.5) is 5.69 Å². The molecular formula is C14H19N3. The molecule has 0 aliphatic heterocycles. The van der Waals surface area contributed by atoms with Crippen molar-refractivity contribution in [3.05, 3.63) is 42.5 Å². The third kappa shape index (κ3) is 3.94. The van der Waals surface area contributed by atoms with Crippen molar-refractivity contribution in [1.29, 1.82) is 0 Å². The maximum atomic E-state index is 5.84. The van der Waals surface area contributed by atoms with Crippen LogP contribution in [0.15, 0.2) is 47.5 Å². The normalized spacial score (nSPS) is 20.2. The summed E-state index contributed by atoms with van der Waals surface area (Å²) in [5.41, 5.74) is 6.83. The number of hydrogen-bond donors (Lipinski definition) is 2. The minimum atomic E-state index is 0.505. The predicted octanol–water partition coefficient (Wildman–Crippen LogP) is 2.77. The van der Waals surface area contributed by atoms with Crippen molar-refractivity contribution < 1.29 is 0 Å². The van der Waals surface area contributed by atoms with Crippen molar-refractivity contribution in [2.75, 3.05) is 11.9 Å². The Bertz CT molecular complexity index is 395. The van der Waals surface area contributed by atoms with E-state index < -0.39 is 0 Å². The fourth-order valence-corrected chi connectivity index (χ4v) is 1.96. The SMILES string of the molecule is NC(=NCC1CC=CCC1)Nc1ccccc1. The first-order valence-corrected chi connectivity index (χ1v) is 6.11. The number of aliphatic imine (C=N–C) groups is 1. The molecule has 0 radical (unpaired) electrons. The topological polar surface area (TPSA) is 50.4 Å². The van der Waals surface area contributed by atoms with Crippen molar-refractivity contribution in [2.45, 2.75) is 19.3 Å². The smallest absolute Gasteiger partial charge is 0.193 e. The van der Waals surface area contributed by atoms with E-state index in [1.54, 1.807) is 0 Å². The van der Waals surface area contributed by atoms with Crippen molar-refractivity contribution in [3.63, 3.8) is 0 Å². The van der Waals surface area contributed by atoms with E-state index in [-0.39, 0.29) is 0 Å². The molecule has 2 rings (SSSR count). The number of benzene rings is 1. The fourth-order valence-electron chi connectivity index (χ4n) is 1.96. The van der Waals surface area contributed by atoms with Gasteiger partial charge >= 0.3 is 0 Å². The molecule has 0 bridgehead atoms. The molecule has 90 valence electrons. The second-order valence-corrected chi connectivity index (χ2v) is 4.37. The van der Waals surface area contributed by atoms with Gasteiger partial charge in [0.15, 0.2) is 5.96 Å². The maximum absolute atomic E-state index is 5.84. The highest BCUT2D eigenvalue weighted by Gasteiger charge is 2.08. The number of hydrogen-bond acceptors (Lipinski definition) is 1. The summed E-state index contributed by atoms with van der Waals surface area (Å²) >= 11 is 0. The lowest BCUT2D eigenvalue weighted by Gasteiger charge is -2.15. The third-order valence-electron chi connectivity index (χ3n) is 2.94. The van der Waals surface area contributed by atoms with Crippen LogP contribution in [-0.2, 0) is 0 Å². The zero-order valence-corrected chi connectivity index (χ0v) is 9.97. The van der Waals surface area contributed by atoms with Gasteiger partial charge in [0.2, 0.25) is 0 Å². The van der Waals surface area contributed by atoms with Gasteiger partial charge in [0.1, 0.15) is 0 Å². The van der Waals surface area contributed by atoms with Crippen molar-refractivity contribution >= 4 is 11.6 Å². The summed E-state index contributed by atoms with van der Waals surface area (Å²) in [6.07, 6.45) is 8.00. The summed E-state index contributed by atoms with van der Waals surface area (Å²) in [5.74, 6) is 1.15. The molecule has 3 nitrogen and oxygen atoms in total. The molecule has 1 aromatic carbocycles. The molecule has 1 aliphatic rings. The van der Waals surface area contributed by atoms with Crippen LogP contribution in [0.3, 0.4) is 0 Å². The zero-order valence-electron chi connectivity index (χ0n) is 9.97. The van der Waals surface area contributed by atoms with E-state index in [1.807, 2.05) is 30.3 Å². The zero-order chi connectivity index (χ0) is 11.9. The summed E-state index contributed by atoms with van der Waals surface area (Å²) in [5, 5.41) is 3.09. The van der Waals surface area contributed by atoms with E-state index in [0.29, 0.717) is 11.9 Å². The van der Waals surface area contributed by atoms with Crippen LogP contribution in [0, 0.1) is 5.92 Å². The van der Waals surface area contributed by atoms with Crippen molar-refractivity contribution in [2.24, 2.45) is 16.6 Å². The second kappa shape index (κ2) is 6.09. The first kappa shape index (κ1) is 11.7. The highest BCUT2D eigenvalue weighted by Crippen LogP contribution is 2.18. The average Bonchev–Trinajstić information content (AvgIpc) is 2.39. The van der Waals surface area contributed by atoms with Crippen LogP contribution in [0.1, 0.15) is 19.3 Å². The van der Waals surface area contributed by atoms with E-state index in [2.05, 4.69) is 22.5 Å². The van der Waals surface area contributed by atoms with Crippen molar-refractivity contribution in [1.82, 2.24) is 0 Å². The number of para-hydroxylation sites is 1. The van der Waals surface area contributed by atoms with E-state index in [9.17, 15) is 0 Å². The molecule has 0 fully saturated rings. The average molecular weight is 229 g/mol. The predicted molar refractivity (Wildman–Crippen MR) is 73.0 cm³/mol. The largest absolute Gasteiger partial charge is 0.370 e. The summed E-state index contributed by atoms with van der Waals surface area (Å²) in [7, 11) is 0. The Kier molecular flexibility index (Phi) is 4.19. The maximum Gasteiger partial charge on any atom is 0.193 e. The van der Waals surface area contributed by atoms with Gasteiger partial charge in [-0.2, -0.15) is 0 Å². The standard InChI is InChI=1S/C14H19N3/c15-14(17-13-9-5-2-6-10-13)16-11-12-7-3-1-4-8-12/h1-3,5-6,9-10,12H,4,7-8,11H2,(H3,15,16,17). The molecule has 1 unspecified atom stereocenters. The molecule has 3 N–H and O–H groups in total. The van der Waals surface area contributed by atoms with E-state index >= 15 is 0 Å². The number of nitrogens with one attached hydrogen (secondary N) is 1. The number of allylic oxidation sites excluding steroid dienone is 2. The lowest BCUT2D eigenvalue weighted by Crippen LogP contribution is -2.24. The summed E-state index contributed by atoms with van der Waals surface area (Å²) in [6.45, 7) is 0.815. The van der Waals surface area contributed by atoms with Crippen molar-refractivity contribution in [3.8, 4) is 0 Å². The van der Waals surface area contributed by atoms with Gasteiger partial charge in [-0.05, 0) is 37.3 Å². The molecule has 0 saturated carbocycles. The van der Waals surface area contributed by atoms with Crippen LogP contribution in [0.2, 0.25) is 0 Å². The van der Waals surface area contributed by atoms with E-state index in [0.717, 1.165) is 18.7 Å². The quantitative estimate of drug-likeness (QED) is 0.475. The molecule has 0 aromatic heterocycles. The first-order valence-electron chi connectivity index (χ1n) is 6.11. The lowest BCUT2D eigenvalue weighted by atomic mass is 9.95. The monoisotopic (exact) mass is 229 g/mol. The van der Waals surface area contributed by atoms with E-state index in [1.165, 1.54) is 12.8 Å². The minimum absolute atomic E-state index is 0.505. The van der Waals surface area contributed by atoms with Gasteiger partial charge < -0.3 is 11.1 Å². The number of nitrogens with two attached hydrogens (primary N) is 1. The number of anilines is 1. The Morgan fingerprint density at radius 3 is 2.82 bits per heavy atom. The van der Waals surface area contributed by atoms with E-state index in [4.69, 9.17) is 5.73 Å².